The van der Waals surface area contributed by atoms with Crippen molar-refractivity contribution < 1.29 is 8.42 Å². The molecule has 0 aliphatic heterocycles. The summed E-state index contributed by atoms with van der Waals surface area (Å²) in [5, 5.41) is 8.62. The molecule has 6 nitrogen and oxygen atoms in total. The first-order chi connectivity index (χ1) is 8.89. The van der Waals surface area contributed by atoms with E-state index in [1.165, 1.54) is 18.3 Å². The van der Waals surface area contributed by atoms with Crippen molar-refractivity contribution in [3.63, 3.8) is 0 Å². The molecule has 0 fully saturated rings. The van der Waals surface area contributed by atoms with Crippen molar-refractivity contribution in [2.75, 3.05) is 6.54 Å². The summed E-state index contributed by atoms with van der Waals surface area (Å²) in [5.74, 6) is 0.343. The highest BCUT2D eigenvalue weighted by atomic mass is 32.2. The highest BCUT2D eigenvalue weighted by Crippen LogP contribution is 2.11. The second-order valence-corrected chi connectivity index (χ2v) is 6.39. The highest BCUT2D eigenvalue weighted by molar-refractivity contribution is 7.89. The summed E-state index contributed by atoms with van der Waals surface area (Å²) in [6, 6.07) is 4.26. The lowest BCUT2D eigenvalue weighted by molar-refractivity contribution is 0.465. The Morgan fingerprint density at radius 1 is 1.47 bits per heavy atom. The van der Waals surface area contributed by atoms with Crippen LogP contribution in [-0.2, 0) is 10.0 Å². The van der Waals surface area contributed by atoms with E-state index in [0.29, 0.717) is 12.3 Å². The third kappa shape index (κ3) is 4.59. The lowest BCUT2D eigenvalue weighted by Crippen LogP contribution is -2.41. The molecule has 1 aromatic heterocycles. The largest absolute Gasteiger partial charge is 0.329 e. The molecule has 3 N–H and O–H groups in total. The van der Waals surface area contributed by atoms with Crippen LogP contribution in [0.4, 0.5) is 0 Å². The van der Waals surface area contributed by atoms with E-state index in [1.807, 2.05) is 19.9 Å². The van der Waals surface area contributed by atoms with E-state index in [4.69, 9.17) is 11.0 Å². The molecule has 1 unspecified atom stereocenters. The van der Waals surface area contributed by atoms with Crippen molar-refractivity contribution in [2.45, 2.75) is 31.2 Å². The number of rotatable bonds is 6. The highest BCUT2D eigenvalue weighted by Gasteiger charge is 2.20. The zero-order valence-electron chi connectivity index (χ0n) is 11.0. The van der Waals surface area contributed by atoms with Crippen LogP contribution in [0.15, 0.2) is 23.2 Å². The maximum Gasteiger partial charge on any atom is 0.242 e. The molecule has 104 valence electrons. The molecule has 0 radical (unpaired) electrons. The Bertz CT molecular complexity index is 546. The van der Waals surface area contributed by atoms with E-state index in [9.17, 15) is 8.42 Å². The Labute approximate surface area is 113 Å². The van der Waals surface area contributed by atoms with E-state index in [0.717, 1.165) is 0 Å². The minimum Gasteiger partial charge on any atom is -0.329 e. The number of sulfonamides is 1. The van der Waals surface area contributed by atoms with Crippen LogP contribution in [0.3, 0.4) is 0 Å². The van der Waals surface area contributed by atoms with Gasteiger partial charge >= 0.3 is 0 Å². The van der Waals surface area contributed by atoms with Gasteiger partial charge in [-0.05, 0) is 24.5 Å². The molecule has 1 atom stereocenters. The van der Waals surface area contributed by atoms with Crippen LogP contribution in [0.5, 0.6) is 0 Å². The SMILES string of the molecule is CC(C)CC(CN)NS(=O)(=O)c1ccc(C#N)nc1. The van der Waals surface area contributed by atoms with Gasteiger partial charge in [0.25, 0.3) is 0 Å². The summed E-state index contributed by atoms with van der Waals surface area (Å²) in [4.78, 5) is 3.78. The Kier molecular flexibility index (Phi) is 5.42. The van der Waals surface area contributed by atoms with Gasteiger partial charge in [-0.1, -0.05) is 13.8 Å². The first-order valence-electron chi connectivity index (χ1n) is 5.97. The van der Waals surface area contributed by atoms with Gasteiger partial charge in [0.1, 0.15) is 16.7 Å². The zero-order chi connectivity index (χ0) is 14.5. The zero-order valence-corrected chi connectivity index (χ0v) is 11.8. The van der Waals surface area contributed by atoms with Crippen molar-refractivity contribution >= 4 is 10.0 Å². The van der Waals surface area contributed by atoms with Gasteiger partial charge in [-0.15, -0.1) is 0 Å². The van der Waals surface area contributed by atoms with Crippen LogP contribution in [0.1, 0.15) is 26.0 Å². The van der Waals surface area contributed by atoms with Crippen molar-refractivity contribution in [1.29, 1.82) is 5.26 Å². The summed E-state index contributed by atoms with van der Waals surface area (Å²) >= 11 is 0. The molecule has 7 heteroatoms. The van der Waals surface area contributed by atoms with Gasteiger partial charge in [0, 0.05) is 18.8 Å². The predicted molar refractivity (Wildman–Crippen MR) is 71.6 cm³/mol. The van der Waals surface area contributed by atoms with Crippen LogP contribution in [0.2, 0.25) is 0 Å². The fourth-order valence-electron chi connectivity index (χ4n) is 1.65. The van der Waals surface area contributed by atoms with Gasteiger partial charge < -0.3 is 5.73 Å². The fourth-order valence-corrected chi connectivity index (χ4v) is 2.86. The number of aromatic nitrogens is 1. The topological polar surface area (TPSA) is 109 Å². The molecule has 0 aliphatic carbocycles. The summed E-state index contributed by atoms with van der Waals surface area (Å²) in [6.07, 6.45) is 1.84. The van der Waals surface area contributed by atoms with E-state index >= 15 is 0 Å². The molecule has 0 bridgehead atoms. The Hall–Kier alpha value is -1.49. The van der Waals surface area contributed by atoms with E-state index in [2.05, 4.69) is 9.71 Å². The third-order valence-corrected chi connectivity index (χ3v) is 4.03. The molecule has 0 aromatic carbocycles. The average molecular weight is 282 g/mol. The normalized spacial score (nSPS) is 13.2. The van der Waals surface area contributed by atoms with Crippen molar-refractivity contribution in [1.82, 2.24) is 9.71 Å². The summed E-state index contributed by atoms with van der Waals surface area (Å²) in [6.45, 7) is 4.24. The van der Waals surface area contributed by atoms with Gasteiger partial charge in [-0.25, -0.2) is 18.1 Å². The summed E-state index contributed by atoms with van der Waals surface area (Å²) in [7, 11) is -3.64. The molecular formula is C12H18N4O2S. The first-order valence-corrected chi connectivity index (χ1v) is 7.46. The molecule has 1 aromatic rings. The average Bonchev–Trinajstić information content (AvgIpc) is 2.37. The third-order valence-electron chi connectivity index (χ3n) is 2.52. The molecule has 1 heterocycles. The Morgan fingerprint density at radius 3 is 2.58 bits per heavy atom. The Balaban J connectivity index is 2.87. The number of nitrogens with zero attached hydrogens (tertiary/aromatic N) is 2. The number of nitrogens with two attached hydrogens (primary N) is 1. The number of nitriles is 1. The number of pyridine rings is 1. The lowest BCUT2D eigenvalue weighted by atomic mass is 10.1. The van der Waals surface area contributed by atoms with Crippen LogP contribution >= 0.6 is 0 Å². The van der Waals surface area contributed by atoms with Crippen LogP contribution in [0.25, 0.3) is 0 Å². The molecule has 0 amide bonds. The van der Waals surface area contributed by atoms with Gasteiger partial charge in [0.15, 0.2) is 0 Å². The standard InChI is InChI=1S/C12H18N4O2S/c1-9(2)5-11(7-14)16-19(17,18)12-4-3-10(6-13)15-8-12/h3-4,8-9,11,16H,5,7,14H2,1-2H3. The molecule has 0 saturated carbocycles. The van der Waals surface area contributed by atoms with E-state index in [1.54, 1.807) is 0 Å². The molecule has 19 heavy (non-hydrogen) atoms. The molecule has 1 rings (SSSR count). The van der Waals surface area contributed by atoms with Gasteiger partial charge in [0.2, 0.25) is 10.0 Å². The van der Waals surface area contributed by atoms with Crippen molar-refractivity contribution in [2.24, 2.45) is 11.7 Å². The maximum absolute atomic E-state index is 12.1. The van der Waals surface area contributed by atoms with Crippen LogP contribution in [0, 0.1) is 17.2 Å². The molecule has 0 spiro atoms. The second kappa shape index (κ2) is 6.61. The van der Waals surface area contributed by atoms with Crippen LogP contribution in [-0.4, -0.2) is 26.0 Å². The smallest absolute Gasteiger partial charge is 0.242 e. The quantitative estimate of drug-likeness (QED) is 0.794. The van der Waals surface area contributed by atoms with Crippen molar-refractivity contribution in [3.05, 3.63) is 24.0 Å². The van der Waals surface area contributed by atoms with E-state index in [-0.39, 0.29) is 23.2 Å². The molecule has 0 saturated heterocycles. The van der Waals surface area contributed by atoms with Gasteiger partial charge in [-0.2, -0.15) is 5.26 Å². The minimum atomic E-state index is -3.64. The second-order valence-electron chi connectivity index (χ2n) is 4.67. The number of hydrogen-bond donors (Lipinski definition) is 2. The minimum absolute atomic E-state index is 0.0358. The van der Waals surface area contributed by atoms with Gasteiger partial charge in [0.05, 0.1) is 0 Å². The fraction of sp³-hybridized carbons (Fsp3) is 0.500. The number of nitrogens with one attached hydrogen (secondary N) is 1. The van der Waals surface area contributed by atoms with E-state index < -0.39 is 10.0 Å². The van der Waals surface area contributed by atoms with Crippen molar-refractivity contribution in [3.8, 4) is 6.07 Å². The number of hydrogen-bond acceptors (Lipinski definition) is 5. The monoisotopic (exact) mass is 282 g/mol. The molecular weight excluding hydrogens is 264 g/mol. The predicted octanol–water partition coefficient (Wildman–Crippen LogP) is 0.605. The summed E-state index contributed by atoms with van der Waals surface area (Å²) in [5.41, 5.74) is 5.74. The lowest BCUT2D eigenvalue weighted by Gasteiger charge is -2.18. The first kappa shape index (κ1) is 15.6. The maximum atomic E-state index is 12.1. The summed E-state index contributed by atoms with van der Waals surface area (Å²) < 4.78 is 26.7. The van der Waals surface area contributed by atoms with Crippen LogP contribution < -0.4 is 10.5 Å². The van der Waals surface area contributed by atoms with Gasteiger partial charge in [-0.3, -0.25) is 0 Å². The Morgan fingerprint density at radius 2 is 2.16 bits per heavy atom. The molecule has 0 aliphatic rings.